The maximum Gasteiger partial charge on any atom is 0.0640 e. The fraction of sp³-hybridized carbons (Fsp3) is 0.400. The predicted octanol–water partition coefficient (Wildman–Crippen LogP) is 1.73. The molecule has 0 spiro atoms. The van der Waals surface area contributed by atoms with Crippen molar-refractivity contribution < 1.29 is 5.11 Å². The van der Waals surface area contributed by atoms with E-state index in [9.17, 15) is 0 Å². The van der Waals surface area contributed by atoms with E-state index in [-0.39, 0.29) is 6.61 Å². The molecule has 0 aliphatic heterocycles. The average molecular weight is 259 g/mol. The van der Waals surface area contributed by atoms with Crippen molar-refractivity contribution in [1.29, 1.82) is 0 Å². The number of nitrogens with one attached hydrogen (secondary N) is 1. The molecule has 0 fully saturated rings. The number of aliphatic hydroxyl groups excluding tert-OH is 1. The topological polar surface area (TPSA) is 50.1 Å². The van der Waals surface area contributed by atoms with Crippen LogP contribution < -0.4 is 5.32 Å². The Hall–Kier alpha value is -1.65. The zero-order valence-electron chi connectivity index (χ0n) is 11.3. The molecule has 1 aromatic heterocycles. The quantitative estimate of drug-likeness (QED) is 0.796. The third kappa shape index (κ3) is 3.91. The summed E-state index contributed by atoms with van der Waals surface area (Å²) >= 11 is 0. The maximum absolute atomic E-state index is 8.83. The first-order valence-electron chi connectivity index (χ1n) is 6.73. The molecule has 19 heavy (non-hydrogen) atoms. The molecule has 4 nitrogen and oxygen atoms in total. The smallest absolute Gasteiger partial charge is 0.0640 e. The van der Waals surface area contributed by atoms with Crippen LogP contribution in [0.4, 0.5) is 0 Å². The molecule has 0 saturated heterocycles. The van der Waals surface area contributed by atoms with Crippen LogP contribution in [-0.4, -0.2) is 21.5 Å². The lowest BCUT2D eigenvalue weighted by Gasteiger charge is -2.08. The number of aromatic nitrogens is 2. The monoisotopic (exact) mass is 259 g/mol. The van der Waals surface area contributed by atoms with Gasteiger partial charge in [-0.25, -0.2) is 0 Å². The summed E-state index contributed by atoms with van der Waals surface area (Å²) in [5.74, 6) is 0. The van der Waals surface area contributed by atoms with Crippen LogP contribution in [0.2, 0.25) is 0 Å². The second-order valence-electron chi connectivity index (χ2n) is 4.56. The lowest BCUT2D eigenvalue weighted by Crippen LogP contribution is -2.13. The van der Waals surface area contributed by atoms with Gasteiger partial charge in [0.2, 0.25) is 0 Å². The van der Waals surface area contributed by atoms with Crippen molar-refractivity contribution in [3.63, 3.8) is 0 Å². The Bertz CT molecular complexity index is 508. The molecule has 0 unspecified atom stereocenters. The molecule has 0 saturated carbocycles. The van der Waals surface area contributed by atoms with Crippen molar-refractivity contribution in [1.82, 2.24) is 15.1 Å². The summed E-state index contributed by atoms with van der Waals surface area (Å²) in [6.07, 6.45) is 4.87. The van der Waals surface area contributed by atoms with E-state index in [1.165, 1.54) is 11.1 Å². The highest BCUT2D eigenvalue weighted by Crippen LogP contribution is 2.09. The van der Waals surface area contributed by atoms with Gasteiger partial charge >= 0.3 is 0 Å². The van der Waals surface area contributed by atoms with Gasteiger partial charge in [-0.05, 0) is 17.5 Å². The van der Waals surface area contributed by atoms with Crippen LogP contribution in [0.1, 0.15) is 23.6 Å². The van der Waals surface area contributed by atoms with Gasteiger partial charge in [0.1, 0.15) is 0 Å². The number of benzene rings is 1. The second-order valence-corrected chi connectivity index (χ2v) is 4.56. The van der Waals surface area contributed by atoms with Crippen molar-refractivity contribution in [3.05, 3.63) is 53.3 Å². The Morgan fingerprint density at radius 1 is 1.21 bits per heavy atom. The molecule has 1 aromatic carbocycles. The van der Waals surface area contributed by atoms with Gasteiger partial charge in [0.25, 0.3) is 0 Å². The molecule has 2 N–H and O–H groups in total. The van der Waals surface area contributed by atoms with Gasteiger partial charge < -0.3 is 10.4 Å². The van der Waals surface area contributed by atoms with Gasteiger partial charge in [-0.2, -0.15) is 5.10 Å². The molecule has 0 bridgehead atoms. The van der Waals surface area contributed by atoms with E-state index in [1.807, 2.05) is 12.4 Å². The Balaban J connectivity index is 1.85. The molecule has 0 aliphatic carbocycles. The zero-order chi connectivity index (χ0) is 13.5. The zero-order valence-corrected chi connectivity index (χ0v) is 11.3. The largest absolute Gasteiger partial charge is 0.394 e. The van der Waals surface area contributed by atoms with Crippen LogP contribution in [0.25, 0.3) is 0 Å². The van der Waals surface area contributed by atoms with Crippen molar-refractivity contribution in [2.75, 3.05) is 6.61 Å². The first-order chi connectivity index (χ1) is 9.33. The highest BCUT2D eigenvalue weighted by Gasteiger charge is 2.01. The molecule has 0 aliphatic rings. The normalized spacial score (nSPS) is 10.8. The minimum absolute atomic E-state index is 0.123. The van der Waals surface area contributed by atoms with E-state index in [0.717, 1.165) is 25.1 Å². The van der Waals surface area contributed by atoms with Crippen LogP contribution in [-0.2, 0) is 26.1 Å². The standard InChI is InChI=1S/C15H21N3O/c1-2-14-5-3-4-6-15(14)11-16-9-13-10-17-18(12-13)7-8-19/h3-6,10,12,16,19H,2,7-9,11H2,1H3. The Morgan fingerprint density at radius 2 is 2.00 bits per heavy atom. The Kier molecular flexibility index (Phi) is 5.12. The highest BCUT2D eigenvalue weighted by molar-refractivity contribution is 5.26. The molecular formula is C15H21N3O. The Labute approximate surface area is 114 Å². The van der Waals surface area contributed by atoms with Gasteiger partial charge in [0.15, 0.2) is 0 Å². The number of hydrogen-bond donors (Lipinski definition) is 2. The van der Waals surface area contributed by atoms with Gasteiger partial charge in [0, 0.05) is 24.8 Å². The molecule has 102 valence electrons. The third-order valence-electron chi connectivity index (χ3n) is 3.16. The Morgan fingerprint density at radius 3 is 2.74 bits per heavy atom. The van der Waals surface area contributed by atoms with E-state index in [4.69, 9.17) is 5.11 Å². The van der Waals surface area contributed by atoms with E-state index < -0.39 is 0 Å². The molecule has 2 rings (SSSR count). The maximum atomic E-state index is 8.83. The second kappa shape index (κ2) is 7.07. The van der Waals surface area contributed by atoms with Crippen LogP contribution in [0, 0.1) is 0 Å². The molecule has 0 radical (unpaired) electrons. The van der Waals surface area contributed by atoms with Crippen LogP contribution in [0.15, 0.2) is 36.7 Å². The lowest BCUT2D eigenvalue weighted by molar-refractivity contribution is 0.269. The average Bonchev–Trinajstić information content (AvgIpc) is 2.87. The van der Waals surface area contributed by atoms with Crippen molar-refractivity contribution >= 4 is 0 Å². The molecule has 0 atom stereocenters. The van der Waals surface area contributed by atoms with E-state index in [1.54, 1.807) is 4.68 Å². The summed E-state index contributed by atoms with van der Waals surface area (Å²) in [5, 5.41) is 16.4. The SMILES string of the molecule is CCc1ccccc1CNCc1cnn(CCO)c1. The van der Waals surface area contributed by atoms with Gasteiger partial charge in [-0.3, -0.25) is 4.68 Å². The summed E-state index contributed by atoms with van der Waals surface area (Å²) in [4.78, 5) is 0. The minimum atomic E-state index is 0.123. The lowest BCUT2D eigenvalue weighted by atomic mass is 10.1. The molecule has 4 heteroatoms. The summed E-state index contributed by atoms with van der Waals surface area (Å²) in [6.45, 7) is 4.52. The molecule has 2 aromatic rings. The molecule has 0 amide bonds. The number of nitrogens with zero attached hydrogens (tertiary/aromatic N) is 2. The summed E-state index contributed by atoms with van der Waals surface area (Å²) in [5.41, 5.74) is 3.89. The fourth-order valence-electron chi connectivity index (χ4n) is 2.14. The minimum Gasteiger partial charge on any atom is -0.394 e. The van der Waals surface area contributed by atoms with Crippen LogP contribution in [0.5, 0.6) is 0 Å². The van der Waals surface area contributed by atoms with Crippen molar-refractivity contribution in [3.8, 4) is 0 Å². The molecular weight excluding hydrogens is 238 g/mol. The van der Waals surface area contributed by atoms with Crippen LogP contribution in [0.3, 0.4) is 0 Å². The predicted molar refractivity (Wildman–Crippen MR) is 75.7 cm³/mol. The van der Waals surface area contributed by atoms with E-state index >= 15 is 0 Å². The fourth-order valence-corrected chi connectivity index (χ4v) is 2.14. The molecule has 1 heterocycles. The summed E-state index contributed by atoms with van der Waals surface area (Å²) in [6, 6.07) is 8.51. The van der Waals surface area contributed by atoms with E-state index in [2.05, 4.69) is 41.6 Å². The van der Waals surface area contributed by atoms with Gasteiger partial charge in [0.05, 0.1) is 19.3 Å². The number of hydrogen-bond acceptors (Lipinski definition) is 3. The summed E-state index contributed by atoms with van der Waals surface area (Å²) in [7, 11) is 0. The van der Waals surface area contributed by atoms with Crippen molar-refractivity contribution in [2.45, 2.75) is 33.0 Å². The number of rotatable bonds is 7. The highest BCUT2D eigenvalue weighted by atomic mass is 16.3. The summed E-state index contributed by atoms with van der Waals surface area (Å²) < 4.78 is 1.76. The van der Waals surface area contributed by atoms with Crippen LogP contribution >= 0.6 is 0 Å². The first-order valence-corrected chi connectivity index (χ1v) is 6.73. The first kappa shape index (κ1) is 13.8. The number of aryl methyl sites for hydroxylation is 1. The number of aliphatic hydroxyl groups is 1. The van der Waals surface area contributed by atoms with E-state index in [0.29, 0.717) is 6.54 Å². The van der Waals surface area contributed by atoms with Gasteiger partial charge in [-0.15, -0.1) is 0 Å². The van der Waals surface area contributed by atoms with Gasteiger partial charge in [-0.1, -0.05) is 31.2 Å². The van der Waals surface area contributed by atoms with Crippen molar-refractivity contribution in [2.24, 2.45) is 0 Å². The third-order valence-corrected chi connectivity index (χ3v) is 3.16.